The Balaban J connectivity index is 2.11. The number of ether oxygens (including phenoxy) is 3. The Kier molecular flexibility index (Phi) is 2.13. The summed E-state index contributed by atoms with van der Waals surface area (Å²) < 4.78 is 29.3. The van der Waals surface area contributed by atoms with Crippen molar-refractivity contribution in [3.63, 3.8) is 0 Å². The first-order chi connectivity index (χ1) is 6.41. The summed E-state index contributed by atoms with van der Waals surface area (Å²) in [6.45, 7) is 4.66. The van der Waals surface area contributed by atoms with Gasteiger partial charge < -0.3 is 14.2 Å². The Morgan fingerprint density at radius 1 is 1.36 bits per heavy atom. The summed E-state index contributed by atoms with van der Waals surface area (Å²) in [5.74, 6) is -1.17. The zero-order chi connectivity index (χ0) is 10.5. The zero-order valence-corrected chi connectivity index (χ0v) is 8.32. The van der Waals surface area contributed by atoms with Gasteiger partial charge in [0.1, 0.15) is 6.10 Å². The molecule has 0 aromatic carbocycles. The van der Waals surface area contributed by atoms with Crippen LogP contribution in [0.5, 0.6) is 0 Å². The van der Waals surface area contributed by atoms with E-state index in [1.807, 2.05) is 0 Å². The number of hydrogen-bond donors (Lipinski definition) is 0. The summed E-state index contributed by atoms with van der Waals surface area (Å²) in [7, 11) is 0. The van der Waals surface area contributed by atoms with Crippen LogP contribution in [0.15, 0.2) is 0 Å². The van der Waals surface area contributed by atoms with Gasteiger partial charge in [0.15, 0.2) is 30.1 Å². The van der Waals surface area contributed by atoms with Gasteiger partial charge in [0.25, 0.3) is 0 Å². The third kappa shape index (κ3) is 1.45. The molecule has 14 heavy (non-hydrogen) atoms. The summed E-state index contributed by atoms with van der Waals surface area (Å²) in [5.41, 5.74) is 0. The molecule has 0 N–H and O–H groups in total. The molecule has 2 rings (SSSR count). The summed E-state index contributed by atoms with van der Waals surface area (Å²) >= 11 is 0. The number of fused-ring (bicyclic) bond motifs is 1. The molecule has 0 aliphatic carbocycles. The van der Waals surface area contributed by atoms with Gasteiger partial charge in [0, 0.05) is 0 Å². The number of alkyl halides is 1. The second-order valence-corrected chi connectivity index (χ2v) is 4.08. The van der Waals surface area contributed by atoms with E-state index in [0.29, 0.717) is 0 Å². The van der Waals surface area contributed by atoms with Crippen molar-refractivity contribution < 1.29 is 23.4 Å². The number of ketones is 1. The monoisotopic (exact) mass is 204 g/mol. The zero-order valence-electron chi connectivity index (χ0n) is 8.32. The highest BCUT2D eigenvalue weighted by Crippen LogP contribution is 2.38. The third-order valence-electron chi connectivity index (χ3n) is 2.37. The SMILES string of the molecule is CC(=O)C1O[C@@H]2OC(C)(C)O[C@@H]2[C@H]1F. The largest absolute Gasteiger partial charge is 0.339 e. The van der Waals surface area contributed by atoms with Crippen LogP contribution >= 0.6 is 0 Å². The molecule has 2 fully saturated rings. The molecule has 80 valence electrons. The molecule has 4 nitrogen and oxygen atoms in total. The molecule has 0 bridgehead atoms. The van der Waals surface area contributed by atoms with Gasteiger partial charge in [0.05, 0.1) is 0 Å². The maximum atomic E-state index is 13.6. The van der Waals surface area contributed by atoms with Crippen molar-refractivity contribution in [2.45, 2.75) is 51.2 Å². The minimum atomic E-state index is -1.43. The lowest BCUT2D eigenvalue weighted by Gasteiger charge is -2.20. The predicted octanol–water partition coefficient (Wildman–Crippen LogP) is 0.790. The first-order valence-electron chi connectivity index (χ1n) is 4.56. The molecular formula is C9H13FO4. The molecule has 0 amide bonds. The van der Waals surface area contributed by atoms with Gasteiger partial charge >= 0.3 is 0 Å². The molecule has 0 saturated carbocycles. The highest BCUT2D eigenvalue weighted by atomic mass is 19.1. The Bertz CT molecular complexity index is 266. The second kappa shape index (κ2) is 2.98. The molecule has 0 aromatic rings. The molecular weight excluding hydrogens is 191 g/mol. The van der Waals surface area contributed by atoms with Crippen LogP contribution in [0.3, 0.4) is 0 Å². The number of carbonyl (C=O) groups is 1. The molecule has 4 atom stereocenters. The van der Waals surface area contributed by atoms with Crippen molar-refractivity contribution in [3.05, 3.63) is 0 Å². The molecule has 2 aliphatic heterocycles. The summed E-state index contributed by atoms with van der Waals surface area (Å²) in [5, 5.41) is 0. The van der Waals surface area contributed by atoms with Gasteiger partial charge in [0.2, 0.25) is 0 Å². The second-order valence-electron chi connectivity index (χ2n) is 4.08. The highest BCUT2D eigenvalue weighted by molar-refractivity contribution is 5.81. The summed E-state index contributed by atoms with van der Waals surface area (Å²) in [6.07, 6.45) is -4.01. The normalized spacial score (nSPS) is 45.1. The fourth-order valence-electron chi connectivity index (χ4n) is 1.79. The number of Topliss-reactive ketones (excluding diaryl/α,β-unsaturated/α-hetero) is 1. The average molecular weight is 204 g/mol. The lowest BCUT2D eigenvalue weighted by molar-refractivity contribution is -0.210. The average Bonchev–Trinajstić information content (AvgIpc) is 2.46. The first kappa shape index (κ1) is 10.0. The Morgan fingerprint density at radius 2 is 2.00 bits per heavy atom. The van der Waals surface area contributed by atoms with Crippen LogP contribution in [0.2, 0.25) is 0 Å². The van der Waals surface area contributed by atoms with Gasteiger partial charge in [-0.3, -0.25) is 4.79 Å². The first-order valence-corrected chi connectivity index (χ1v) is 4.56. The highest BCUT2D eigenvalue weighted by Gasteiger charge is 2.56. The smallest absolute Gasteiger partial charge is 0.191 e. The molecule has 0 spiro atoms. The van der Waals surface area contributed by atoms with Gasteiger partial charge in [-0.25, -0.2) is 4.39 Å². The predicted molar refractivity (Wildman–Crippen MR) is 44.3 cm³/mol. The van der Waals surface area contributed by atoms with Crippen molar-refractivity contribution >= 4 is 5.78 Å². The lowest BCUT2D eigenvalue weighted by atomic mass is 10.1. The summed E-state index contributed by atoms with van der Waals surface area (Å²) in [4.78, 5) is 11.0. The van der Waals surface area contributed by atoms with Crippen LogP contribution in [0.4, 0.5) is 4.39 Å². The minimum Gasteiger partial charge on any atom is -0.339 e. The molecule has 0 radical (unpaired) electrons. The quantitative estimate of drug-likeness (QED) is 0.633. The van der Waals surface area contributed by atoms with Crippen molar-refractivity contribution in [1.29, 1.82) is 0 Å². The van der Waals surface area contributed by atoms with Crippen LogP contribution in [-0.2, 0) is 19.0 Å². The molecule has 5 heteroatoms. The maximum Gasteiger partial charge on any atom is 0.191 e. The Hall–Kier alpha value is -0.520. The van der Waals surface area contributed by atoms with E-state index in [9.17, 15) is 9.18 Å². The number of rotatable bonds is 1. The molecule has 2 saturated heterocycles. The Morgan fingerprint density at radius 3 is 2.50 bits per heavy atom. The van der Waals surface area contributed by atoms with Crippen LogP contribution in [-0.4, -0.2) is 36.2 Å². The van der Waals surface area contributed by atoms with Crippen LogP contribution in [0, 0.1) is 0 Å². The lowest BCUT2D eigenvalue weighted by Crippen LogP contribution is -2.34. The van der Waals surface area contributed by atoms with Gasteiger partial charge in [-0.1, -0.05) is 0 Å². The van der Waals surface area contributed by atoms with Gasteiger partial charge in [-0.05, 0) is 20.8 Å². The number of hydrogen-bond acceptors (Lipinski definition) is 4. The van der Waals surface area contributed by atoms with E-state index in [0.717, 1.165) is 0 Å². The van der Waals surface area contributed by atoms with Crippen molar-refractivity contribution in [3.8, 4) is 0 Å². The van der Waals surface area contributed by atoms with Crippen LogP contribution in [0.1, 0.15) is 20.8 Å². The topological polar surface area (TPSA) is 44.8 Å². The van der Waals surface area contributed by atoms with E-state index in [-0.39, 0.29) is 5.78 Å². The maximum absolute atomic E-state index is 13.6. The van der Waals surface area contributed by atoms with Gasteiger partial charge in [-0.2, -0.15) is 0 Å². The van der Waals surface area contributed by atoms with Gasteiger partial charge in [-0.15, -0.1) is 0 Å². The fourth-order valence-corrected chi connectivity index (χ4v) is 1.79. The van der Waals surface area contributed by atoms with Crippen LogP contribution < -0.4 is 0 Å². The van der Waals surface area contributed by atoms with Crippen LogP contribution in [0.25, 0.3) is 0 Å². The standard InChI is InChI=1S/C9H13FO4/c1-4(11)6-5(10)7-8(12-6)14-9(2,3)13-7/h5-8H,1-3H3/t5-,6?,7+,8+/m0/s1. The van der Waals surface area contributed by atoms with Crippen molar-refractivity contribution in [1.82, 2.24) is 0 Å². The molecule has 2 aliphatic rings. The third-order valence-corrected chi connectivity index (χ3v) is 2.37. The fraction of sp³-hybridized carbons (Fsp3) is 0.889. The summed E-state index contributed by atoms with van der Waals surface area (Å²) in [6, 6.07) is 0. The molecule has 2 heterocycles. The van der Waals surface area contributed by atoms with Crippen molar-refractivity contribution in [2.24, 2.45) is 0 Å². The molecule has 1 unspecified atom stereocenters. The van der Waals surface area contributed by atoms with E-state index < -0.39 is 30.5 Å². The number of carbonyl (C=O) groups excluding carboxylic acids is 1. The van der Waals surface area contributed by atoms with Crippen molar-refractivity contribution in [2.75, 3.05) is 0 Å². The number of halogens is 1. The van der Waals surface area contributed by atoms with E-state index in [2.05, 4.69) is 0 Å². The molecule has 0 aromatic heterocycles. The van der Waals surface area contributed by atoms with E-state index in [1.54, 1.807) is 13.8 Å². The minimum absolute atomic E-state index is 0.336. The van der Waals surface area contributed by atoms with E-state index in [4.69, 9.17) is 14.2 Å². The van der Waals surface area contributed by atoms with E-state index >= 15 is 0 Å². The Labute approximate surface area is 81.3 Å². The van der Waals surface area contributed by atoms with E-state index in [1.165, 1.54) is 6.92 Å².